The first kappa shape index (κ1) is 16.5. The summed E-state index contributed by atoms with van der Waals surface area (Å²) < 4.78 is 0.977. The Morgan fingerprint density at radius 1 is 1.43 bits per heavy atom. The van der Waals surface area contributed by atoms with Crippen molar-refractivity contribution in [2.75, 3.05) is 0 Å². The summed E-state index contributed by atoms with van der Waals surface area (Å²) in [6.07, 6.45) is 2.97. The molecule has 1 fully saturated rings. The van der Waals surface area contributed by atoms with Crippen molar-refractivity contribution in [1.82, 2.24) is 10.6 Å². The first-order chi connectivity index (χ1) is 9.97. The average Bonchev–Trinajstić information content (AvgIpc) is 2.37. The molecule has 1 saturated carbocycles. The van der Waals surface area contributed by atoms with E-state index in [-0.39, 0.29) is 17.7 Å². The van der Waals surface area contributed by atoms with E-state index in [9.17, 15) is 9.59 Å². The maximum absolute atomic E-state index is 12.0. The number of carbonyl (C=O) groups is 2. The minimum Gasteiger partial charge on any atom is -0.350 e. The second-order valence-corrected chi connectivity index (χ2v) is 6.89. The first-order valence-electron chi connectivity index (χ1n) is 6.99. The zero-order valence-corrected chi connectivity index (χ0v) is 14.7. The van der Waals surface area contributed by atoms with E-state index >= 15 is 0 Å². The molecule has 1 aromatic rings. The molecule has 4 nitrogen and oxygen atoms in total. The third kappa shape index (κ3) is 4.57. The fourth-order valence-electron chi connectivity index (χ4n) is 2.06. The third-order valence-electron chi connectivity index (χ3n) is 3.68. The molecule has 1 aliphatic carbocycles. The summed E-state index contributed by atoms with van der Waals surface area (Å²) in [5.74, 6) is -0.103. The van der Waals surface area contributed by atoms with Gasteiger partial charge in [-0.05, 0) is 60.1 Å². The van der Waals surface area contributed by atoms with Gasteiger partial charge in [-0.15, -0.1) is 0 Å². The molecule has 0 spiro atoms. The molecule has 0 aromatic heterocycles. The lowest BCUT2D eigenvalue weighted by Crippen LogP contribution is -2.47. The van der Waals surface area contributed by atoms with Crippen LogP contribution < -0.4 is 10.6 Å². The highest BCUT2D eigenvalue weighted by Crippen LogP contribution is 2.26. The van der Waals surface area contributed by atoms with Crippen molar-refractivity contribution >= 4 is 46.0 Å². The van der Waals surface area contributed by atoms with E-state index < -0.39 is 6.04 Å². The summed E-state index contributed by atoms with van der Waals surface area (Å²) >= 11 is 8.20. The number of halogens is 2. The molecule has 0 radical (unpaired) electrons. The van der Waals surface area contributed by atoms with Crippen LogP contribution in [0.25, 0.3) is 0 Å². The largest absolute Gasteiger partial charge is 0.350 e. The van der Waals surface area contributed by atoms with Crippen LogP contribution in [0.2, 0.25) is 5.02 Å². The number of hydrogen-bond acceptors (Lipinski definition) is 2. The summed E-state index contributed by atoms with van der Waals surface area (Å²) in [6, 6.07) is 5.15. The molecule has 1 unspecified atom stereocenters. The van der Waals surface area contributed by atoms with Crippen LogP contribution in [0, 0.1) is 9.49 Å². The molecule has 2 amide bonds. The molecule has 1 aromatic carbocycles. The molecule has 0 saturated heterocycles. The van der Waals surface area contributed by atoms with E-state index in [1.807, 2.05) is 18.2 Å². The normalized spacial score (nSPS) is 16.0. The SMILES string of the molecule is CC(NC(=O)C1CCC1)C(=O)NCc1ccc(I)c(Cl)c1. The van der Waals surface area contributed by atoms with Crippen molar-refractivity contribution in [3.8, 4) is 0 Å². The zero-order valence-electron chi connectivity index (χ0n) is 11.8. The average molecular weight is 421 g/mol. The maximum Gasteiger partial charge on any atom is 0.242 e. The molecule has 2 rings (SSSR count). The van der Waals surface area contributed by atoms with E-state index in [0.29, 0.717) is 11.6 Å². The quantitative estimate of drug-likeness (QED) is 0.720. The highest BCUT2D eigenvalue weighted by atomic mass is 127. The zero-order chi connectivity index (χ0) is 15.4. The molecule has 0 heterocycles. The Kier molecular flexibility index (Phi) is 5.87. The van der Waals surface area contributed by atoms with E-state index in [2.05, 4.69) is 33.2 Å². The smallest absolute Gasteiger partial charge is 0.242 e. The Bertz CT molecular complexity index is 546. The summed E-state index contributed by atoms with van der Waals surface area (Å²) in [4.78, 5) is 23.8. The second-order valence-electron chi connectivity index (χ2n) is 5.32. The minimum absolute atomic E-state index is 0.0128. The Balaban J connectivity index is 1.80. The molecule has 0 bridgehead atoms. The van der Waals surface area contributed by atoms with Crippen LogP contribution in [0.3, 0.4) is 0 Å². The van der Waals surface area contributed by atoms with Gasteiger partial charge >= 0.3 is 0 Å². The van der Waals surface area contributed by atoms with Gasteiger partial charge in [0.05, 0.1) is 5.02 Å². The van der Waals surface area contributed by atoms with Crippen molar-refractivity contribution < 1.29 is 9.59 Å². The first-order valence-corrected chi connectivity index (χ1v) is 8.45. The van der Waals surface area contributed by atoms with Crippen LogP contribution in [0.4, 0.5) is 0 Å². The molecule has 0 aliphatic heterocycles. The van der Waals surface area contributed by atoms with Gasteiger partial charge < -0.3 is 10.6 Å². The topological polar surface area (TPSA) is 58.2 Å². The predicted octanol–water partition coefficient (Wildman–Crippen LogP) is 2.87. The highest BCUT2D eigenvalue weighted by molar-refractivity contribution is 14.1. The molecule has 2 N–H and O–H groups in total. The van der Waals surface area contributed by atoms with Crippen molar-refractivity contribution in [2.24, 2.45) is 5.92 Å². The Hall–Kier alpha value is -0.820. The monoisotopic (exact) mass is 420 g/mol. The maximum atomic E-state index is 12.0. The third-order valence-corrected chi connectivity index (χ3v) is 5.25. The van der Waals surface area contributed by atoms with Crippen LogP contribution in [0.15, 0.2) is 18.2 Å². The van der Waals surface area contributed by atoms with Gasteiger partial charge in [0.25, 0.3) is 0 Å². The van der Waals surface area contributed by atoms with Gasteiger partial charge in [-0.1, -0.05) is 24.1 Å². The van der Waals surface area contributed by atoms with E-state index in [4.69, 9.17) is 11.6 Å². The number of hydrogen-bond donors (Lipinski definition) is 2. The van der Waals surface area contributed by atoms with Gasteiger partial charge in [0, 0.05) is 16.0 Å². The lowest BCUT2D eigenvalue weighted by Gasteiger charge is -2.25. The summed E-state index contributed by atoms with van der Waals surface area (Å²) in [7, 11) is 0. The van der Waals surface area contributed by atoms with E-state index in [1.165, 1.54) is 0 Å². The summed E-state index contributed by atoms with van der Waals surface area (Å²) in [6.45, 7) is 2.10. The van der Waals surface area contributed by atoms with Crippen molar-refractivity contribution in [2.45, 2.75) is 38.8 Å². The fourth-order valence-corrected chi connectivity index (χ4v) is 2.60. The number of amides is 2. The number of carbonyl (C=O) groups excluding carboxylic acids is 2. The van der Waals surface area contributed by atoms with Crippen LogP contribution in [0.5, 0.6) is 0 Å². The van der Waals surface area contributed by atoms with E-state index in [0.717, 1.165) is 28.4 Å². The summed E-state index contributed by atoms with van der Waals surface area (Å²) in [5.41, 5.74) is 0.936. The molecular weight excluding hydrogens is 403 g/mol. The van der Waals surface area contributed by atoms with Crippen LogP contribution in [-0.2, 0) is 16.1 Å². The molecule has 6 heteroatoms. The molecule has 1 atom stereocenters. The van der Waals surface area contributed by atoms with Crippen molar-refractivity contribution in [3.63, 3.8) is 0 Å². The van der Waals surface area contributed by atoms with Gasteiger partial charge in [-0.2, -0.15) is 0 Å². The van der Waals surface area contributed by atoms with E-state index in [1.54, 1.807) is 6.92 Å². The second kappa shape index (κ2) is 7.45. The Morgan fingerprint density at radius 3 is 2.71 bits per heavy atom. The van der Waals surface area contributed by atoms with Gasteiger partial charge in [0.1, 0.15) is 6.04 Å². The molecule has 114 valence electrons. The van der Waals surface area contributed by atoms with Crippen LogP contribution >= 0.6 is 34.2 Å². The molecule has 21 heavy (non-hydrogen) atoms. The molecule has 1 aliphatic rings. The van der Waals surface area contributed by atoms with Crippen molar-refractivity contribution in [1.29, 1.82) is 0 Å². The number of benzene rings is 1. The Labute approximate surface area is 143 Å². The number of rotatable bonds is 5. The predicted molar refractivity (Wildman–Crippen MR) is 91.0 cm³/mol. The van der Waals surface area contributed by atoms with Gasteiger partial charge in [-0.3, -0.25) is 9.59 Å². The van der Waals surface area contributed by atoms with Crippen LogP contribution in [-0.4, -0.2) is 17.9 Å². The van der Waals surface area contributed by atoms with Crippen molar-refractivity contribution in [3.05, 3.63) is 32.4 Å². The van der Waals surface area contributed by atoms with Crippen LogP contribution in [0.1, 0.15) is 31.7 Å². The molecular formula is C15H18ClIN2O2. The standard InChI is InChI=1S/C15H18ClIN2O2/c1-9(19-15(21)11-3-2-4-11)14(20)18-8-10-5-6-13(17)12(16)7-10/h5-7,9,11H,2-4,8H2,1H3,(H,18,20)(H,19,21). The minimum atomic E-state index is -0.516. The Morgan fingerprint density at radius 2 is 2.14 bits per heavy atom. The van der Waals surface area contributed by atoms with Gasteiger partial charge in [0.2, 0.25) is 11.8 Å². The van der Waals surface area contributed by atoms with Gasteiger partial charge in [0.15, 0.2) is 0 Å². The lowest BCUT2D eigenvalue weighted by molar-refractivity contribution is -0.132. The van der Waals surface area contributed by atoms with Gasteiger partial charge in [-0.25, -0.2) is 0 Å². The number of nitrogens with one attached hydrogen (secondary N) is 2. The highest BCUT2D eigenvalue weighted by Gasteiger charge is 2.27. The summed E-state index contributed by atoms with van der Waals surface area (Å²) in [5, 5.41) is 6.25. The fraction of sp³-hybridized carbons (Fsp3) is 0.467. The lowest BCUT2D eigenvalue weighted by atomic mass is 9.84.